The molecule has 0 aliphatic carbocycles. The van der Waals surface area contributed by atoms with Gasteiger partial charge in [0.1, 0.15) is 12.3 Å². The second kappa shape index (κ2) is 5.63. The van der Waals surface area contributed by atoms with E-state index in [-0.39, 0.29) is 24.5 Å². The Morgan fingerprint density at radius 1 is 1.43 bits per heavy atom. The van der Waals surface area contributed by atoms with Gasteiger partial charge in [-0.1, -0.05) is 12.1 Å². The fourth-order valence-electron chi connectivity index (χ4n) is 2.80. The molecule has 2 saturated heterocycles. The van der Waals surface area contributed by atoms with Crippen LogP contribution in [-0.2, 0) is 4.79 Å². The molecular weight excluding hydrogens is 270 g/mol. The van der Waals surface area contributed by atoms with Crippen LogP contribution in [0.15, 0.2) is 24.3 Å². The van der Waals surface area contributed by atoms with Gasteiger partial charge in [0.2, 0.25) is 5.91 Å². The summed E-state index contributed by atoms with van der Waals surface area (Å²) in [5, 5.41) is 2.71. The van der Waals surface area contributed by atoms with E-state index in [0.29, 0.717) is 13.1 Å². The normalized spacial score (nSPS) is 21.0. The first-order valence-electron chi connectivity index (χ1n) is 7.15. The Morgan fingerprint density at radius 2 is 2.29 bits per heavy atom. The van der Waals surface area contributed by atoms with Crippen LogP contribution >= 0.6 is 0 Å². The van der Waals surface area contributed by atoms with E-state index in [1.54, 1.807) is 12.0 Å². The van der Waals surface area contributed by atoms with E-state index in [4.69, 9.17) is 4.74 Å². The predicted molar refractivity (Wildman–Crippen MR) is 77.0 cm³/mol. The van der Waals surface area contributed by atoms with Crippen LogP contribution in [0.4, 0.5) is 4.79 Å². The minimum absolute atomic E-state index is 0.00567. The van der Waals surface area contributed by atoms with Gasteiger partial charge in [-0.15, -0.1) is 0 Å². The highest BCUT2D eigenvalue weighted by Gasteiger charge is 2.35. The Hall–Kier alpha value is -2.24. The first-order valence-corrected chi connectivity index (χ1v) is 7.15. The van der Waals surface area contributed by atoms with Crippen molar-refractivity contribution in [3.63, 3.8) is 0 Å². The molecule has 6 nitrogen and oxygen atoms in total. The number of carbonyl (C=O) groups is 2. The summed E-state index contributed by atoms with van der Waals surface area (Å²) in [5.74, 6) is 0.803. The Labute approximate surface area is 123 Å². The number of nitrogens with one attached hydrogen (secondary N) is 1. The number of methoxy groups -OCH3 is 1. The average molecular weight is 289 g/mol. The third-order valence-electron chi connectivity index (χ3n) is 4.09. The van der Waals surface area contributed by atoms with Gasteiger partial charge in [-0.2, -0.15) is 0 Å². The highest BCUT2D eigenvalue weighted by atomic mass is 16.5. The molecule has 0 saturated carbocycles. The molecule has 2 aliphatic heterocycles. The van der Waals surface area contributed by atoms with Crippen molar-refractivity contribution in [2.24, 2.45) is 0 Å². The summed E-state index contributed by atoms with van der Waals surface area (Å²) in [6, 6.07) is 7.74. The molecule has 3 rings (SSSR count). The molecule has 2 aliphatic rings. The van der Waals surface area contributed by atoms with Crippen LogP contribution in [0.5, 0.6) is 5.75 Å². The monoisotopic (exact) mass is 289 g/mol. The van der Waals surface area contributed by atoms with Crippen molar-refractivity contribution in [1.29, 1.82) is 0 Å². The van der Waals surface area contributed by atoms with E-state index >= 15 is 0 Å². The molecule has 1 unspecified atom stereocenters. The van der Waals surface area contributed by atoms with Gasteiger partial charge in [0, 0.05) is 19.6 Å². The van der Waals surface area contributed by atoms with E-state index < -0.39 is 0 Å². The van der Waals surface area contributed by atoms with E-state index in [9.17, 15) is 9.59 Å². The summed E-state index contributed by atoms with van der Waals surface area (Å²) in [7, 11) is 1.63. The zero-order chi connectivity index (χ0) is 14.8. The van der Waals surface area contributed by atoms with E-state index in [2.05, 4.69) is 5.32 Å². The van der Waals surface area contributed by atoms with Crippen molar-refractivity contribution in [1.82, 2.24) is 15.1 Å². The van der Waals surface area contributed by atoms with E-state index in [0.717, 1.165) is 24.3 Å². The van der Waals surface area contributed by atoms with Crippen LogP contribution in [0, 0.1) is 0 Å². The lowest BCUT2D eigenvalue weighted by Gasteiger charge is -2.42. The molecule has 0 aromatic heterocycles. The molecule has 0 spiro atoms. The Morgan fingerprint density at radius 3 is 2.90 bits per heavy atom. The van der Waals surface area contributed by atoms with Gasteiger partial charge in [0.05, 0.1) is 13.2 Å². The van der Waals surface area contributed by atoms with Crippen LogP contribution in [-0.4, -0.2) is 55.0 Å². The molecule has 1 atom stereocenters. The number of hydrogen-bond acceptors (Lipinski definition) is 3. The smallest absolute Gasteiger partial charge is 0.317 e. The van der Waals surface area contributed by atoms with Crippen molar-refractivity contribution in [2.45, 2.75) is 12.5 Å². The second-order valence-corrected chi connectivity index (χ2v) is 5.32. The fraction of sp³-hybridized carbons (Fsp3) is 0.467. The summed E-state index contributed by atoms with van der Waals surface area (Å²) < 4.78 is 5.23. The molecule has 6 heteroatoms. The van der Waals surface area contributed by atoms with E-state index in [1.807, 2.05) is 29.2 Å². The van der Waals surface area contributed by atoms with Gasteiger partial charge in [0.15, 0.2) is 0 Å². The highest BCUT2D eigenvalue weighted by molar-refractivity contribution is 5.85. The first-order chi connectivity index (χ1) is 10.2. The second-order valence-electron chi connectivity index (χ2n) is 5.32. The summed E-state index contributed by atoms with van der Waals surface area (Å²) in [6.07, 6.45) is 0.950. The maximum Gasteiger partial charge on any atom is 0.317 e. The average Bonchev–Trinajstić information content (AvgIpc) is 2.83. The topological polar surface area (TPSA) is 61.9 Å². The first kappa shape index (κ1) is 13.7. The molecule has 2 fully saturated rings. The van der Waals surface area contributed by atoms with E-state index in [1.165, 1.54) is 0 Å². The molecule has 2 heterocycles. The molecule has 0 radical (unpaired) electrons. The predicted octanol–water partition coefficient (Wildman–Crippen LogP) is 0.994. The number of rotatable bonds is 4. The minimum atomic E-state index is -0.151. The number of benzene rings is 1. The SMILES string of the molecule is COc1cccc(C2CCN2C(=O)CN2CCNC2=O)c1. The zero-order valence-corrected chi connectivity index (χ0v) is 12.0. The minimum Gasteiger partial charge on any atom is -0.497 e. The Balaban J connectivity index is 1.66. The summed E-state index contributed by atoms with van der Waals surface area (Å²) >= 11 is 0. The molecule has 1 aromatic rings. The molecule has 112 valence electrons. The molecule has 1 aromatic carbocycles. The summed E-state index contributed by atoms with van der Waals surface area (Å²) in [4.78, 5) is 27.2. The number of ether oxygens (including phenoxy) is 1. The standard InChI is InChI=1S/C15H19N3O3/c1-21-12-4-2-3-11(9-12)13-5-7-18(13)14(19)10-17-8-6-16-15(17)20/h2-4,9,13H,5-8,10H2,1H3,(H,16,20). The number of amides is 3. The number of carbonyl (C=O) groups excluding carboxylic acids is 2. The van der Waals surface area contributed by atoms with Gasteiger partial charge in [-0.05, 0) is 24.1 Å². The number of urea groups is 1. The van der Waals surface area contributed by atoms with Crippen molar-refractivity contribution >= 4 is 11.9 Å². The van der Waals surface area contributed by atoms with Crippen molar-refractivity contribution in [3.8, 4) is 5.75 Å². The maximum absolute atomic E-state index is 12.3. The van der Waals surface area contributed by atoms with Crippen LogP contribution in [0.1, 0.15) is 18.0 Å². The summed E-state index contributed by atoms with van der Waals surface area (Å²) in [5.41, 5.74) is 1.08. The van der Waals surface area contributed by atoms with Crippen LogP contribution in [0.25, 0.3) is 0 Å². The number of nitrogens with zero attached hydrogens (tertiary/aromatic N) is 2. The van der Waals surface area contributed by atoms with Crippen molar-refractivity contribution in [3.05, 3.63) is 29.8 Å². The zero-order valence-electron chi connectivity index (χ0n) is 12.0. The van der Waals surface area contributed by atoms with Crippen LogP contribution in [0.2, 0.25) is 0 Å². The van der Waals surface area contributed by atoms with Gasteiger partial charge >= 0.3 is 6.03 Å². The lowest BCUT2D eigenvalue weighted by molar-refractivity contribution is -0.139. The molecule has 0 bridgehead atoms. The number of hydrogen-bond donors (Lipinski definition) is 1. The van der Waals surface area contributed by atoms with Crippen molar-refractivity contribution < 1.29 is 14.3 Å². The lowest BCUT2D eigenvalue weighted by atomic mass is 9.94. The van der Waals surface area contributed by atoms with Crippen molar-refractivity contribution in [2.75, 3.05) is 33.3 Å². The third kappa shape index (κ3) is 2.66. The van der Waals surface area contributed by atoms with Gasteiger partial charge in [0.25, 0.3) is 0 Å². The molecule has 3 amide bonds. The quantitative estimate of drug-likeness (QED) is 0.899. The fourth-order valence-corrected chi connectivity index (χ4v) is 2.80. The maximum atomic E-state index is 12.3. The number of likely N-dealkylation sites (tertiary alicyclic amines) is 1. The van der Waals surface area contributed by atoms with Gasteiger partial charge < -0.3 is 19.9 Å². The van der Waals surface area contributed by atoms with Gasteiger partial charge in [-0.3, -0.25) is 4.79 Å². The molecular formula is C15H19N3O3. The van der Waals surface area contributed by atoms with Crippen LogP contribution < -0.4 is 10.1 Å². The summed E-state index contributed by atoms with van der Waals surface area (Å²) in [6.45, 7) is 2.12. The van der Waals surface area contributed by atoms with Crippen LogP contribution in [0.3, 0.4) is 0 Å². The lowest BCUT2D eigenvalue weighted by Crippen LogP contribution is -2.49. The largest absolute Gasteiger partial charge is 0.497 e. The Kier molecular flexibility index (Phi) is 3.68. The molecule has 1 N–H and O–H groups in total. The van der Waals surface area contributed by atoms with Gasteiger partial charge in [-0.25, -0.2) is 4.79 Å². The highest BCUT2D eigenvalue weighted by Crippen LogP contribution is 2.34. The third-order valence-corrected chi connectivity index (χ3v) is 4.09. The molecule has 21 heavy (non-hydrogen) atoms. The Bertz CT molecular complexity index is 561.